The predicted octanol–water partition coefficient (Wildman–Crippen LogP) is 2.85. The van der Waals surface area contributed by atoms with Crippen LogP contribution in [0.3, 0.4) is 0 Å². The summed E-state index contributed by atoms with van der Waals surface area (Å²) < 4.78 is 32.4. The lowest BCUT2D eigenvalue weighted by Crippen LogP contribution is -2.25. The third kappa shape index (κ3) is 3.52. The first kappa shape index (κ1) is 15.3. The minimum Gasteiger partial charge on any atom is -0.480 e. The summed E-state index contributed by atoms with van der Waals surface area (Å²) >= 11 is 0. The van der Waals surface area contributed by atoms with Gasteiger partial charge in [0.2, 0.25) is 5.88 Å². The summed E-state index contributed by atoms with van der Waals surface area (Å²) in [5.41, 5.74) is 0.719. The molecule has 4 nitrogen and oxygen atoms in total. The lowest BCUT2D eigenvalue weighted by Gasteiger charge is -2.19. The monoisotopic (exact) mass is 293 g/mol. The van der Waals surface area contributed by atoms with Crippen LogP contribution in [0, 0.1) is 11.6 Å². The average Bonchev–Trinajstić information content (AvgIpc) is 2.52. The number of ether oxygens (including phenoxy) is 1. The third-order valence-electron chi connectivity index (χ3n) is 3.06. The number of nitrogens with zero attached hydrogens (tertiary/aromatic N) is 2. The molecule has 112 valence electrons. The molecule has 0 aliphatic carbocycles. The van der Waals surface area contributed by atoms with Crippen LogP contribution in [0.15, 0.2) is 30.3 Å². The summed E-state index contributed by atoms with van der Waals surface area (Å²) in [6.45, 7) is 2.64. The number of hydrogen-bond acceptors (Lipinski definition) is 4. The molecule has 0 fully saturated rings. The van der Waals surface area contributed by atoms with Gasteiger partial charge in [-0.15, -0.1) is 10.2 Å². The zero-order chi connectivity index (χ0) is 15.2. The van der Waals surface area contributed by atoms with E-state index in [0.29, 0.717) is 18.1 Å². The van der Waals surface area contributed by atoms with Crippen LogP contribution in [0.1, 0.15) is 30.6 Å². The fraction of sp³-hybridized carbons (Fsp3) is 0.333. The maximum absolute atomic E-state index is 14.0. The summed E-state index contributed by atoms with van der Waals surface area (Å²) in [6, 6.07) is 6.88. The second-order valence-corrected chi connectivity index (χ2v) is 4.53. The van der Waals surface area contributed by atoms with Gasteiger partial charge in [0.1, 0.15) is 0 Å². The molecule has 1 aromatic carbocycles. The van der Waals surface area contributed by atoms with Gasteiger partial charge in [0.05, 0.1) is 18.8 Å². The first-order valence-electron chi connectivity index (χ1n) is 6.72. The van der Waals surface area contributed by atoms with Crippen LogP contribution in [-0.4, -0.2) is 23.9 Å². The van der Waals surface area contributed by atoms with Gasteiger partial charge in [0, 0.05) is 11.6 Å². The number of halogens is 2. The number of rotatable bonds is 6. The summed E-state index contributed by atoms with van der Waals surface area (Å²) in [6.07, 6.45) is 0.858. The molecule has 6 heteroatoms. The molecule has 0 bridgehead atoms. The van der Waals surface area contributed by atoms with Gasteiger partial charge < -0.3 is 10.1 Å². The Morgan fingerprint density at radius 1 is 1.19 bits per heavy atom. The van der Waals surface area contributed by atoms with E-state index in [2.05, 4.69) is 15.5 Å². The van der Waals surface area contributed by atoms with Crippen LogP contribution in [-0.2, 0) is 0 Å². The SMILES string of the molecule is CCCNC(c1ccc(OC)nn1)c1cccc(F)c1F. The fourth-order valence-corrected chi connectivity index (χ4v) is 2.00. The van der Waals surface area contributed by atoms with Crippen LogP contribution in [0.25, 0.3) is 0 Å². The van der Waals surface area contributed by atoms with Crippen LogP contribution >= 0.6 is 0 Å². The Morgan fingerprint density at radius 3 is 2.62 bits per heavy atom. The molecular weight excluding hydrogens is 276 g/mol. The highest BCUT2D eigenvalue weighted by Gasteiger charge is 2.21. The van der Waals surface area contributed by atoms with E-state index >= 15 is 0 Å². The molecule has 0 radical (unpaired) electrons. The minimum atomic E-state index is -0.878. The number of benzene rings is 1. The van der Waals surface area contributed by atoms with Crippen LogP contribution in [0.4, 0.5) is 8.78 Å². The van der Waals surface area contributed by atoms with Gasteiger partial charge in [-0.3, -0.25) is 0 Å². The molecule has 0 aliphatic rings. The minimum absolute atomic E-state index is 0.211. The van der Waals surface area contributed by atoms with Crippen molar-refractivity contribution in [3.05, 3.63) is 53.2 Å². The summed E-state index contributed by atoms with van der Waals surface area (Å²) in [5.74, 6) is -1.38. The molecule has 2 aromatic rings. The molecule has 1 aromatic heterocycles. The van der Waals surface area contributed by atoms with Gasteiger partial charge in [-0.2, -0.15) is 0 Å². The third-order valence-corrected chi connectivity index (χ3v) is 3.06. The topological polar surface area (TPSA) is 47.0 Å². The van der Waals surface area contributed by atoms with Gasteiger partial charge in [0.15, 0.2) is 11.6 Å². The van der Waals surface area contributed by atoms with Crippen molar-refractivity contribution in [1.29, 1.82) is 0 Å². The van der Waals surface area contributed by atoms with Crippen molar-refractivity contribution in [2.24, 2.45) is 0 Å². The summed E-state index contributed by atoms with van der Waals surface area (Å²) in [4.78, 5) is 0. The lowest BCUT2D eigenvalue weighted by molar-refractivity contribution is 0.389. The summed E-state index contributed by atoms with van der Waals surface area (Å²) in [5, 5.41) is 11.1. The van der Waals surface area contributed by atoms with E-state index < -0.39 is 17.7 Å². The van der Waals surface area contributed by atoms with Gasteiger partial charge in [-0.05, 0) is 25.1 Å². The smallest absolute Gasteiger partial charge is 0.233 e. The Morgan fingerprint density at radius 2 is 2.00 bits per heavy atom. The van der Waals surface area contributed by atoms with Crippen molar-refractivity contribution in [3.8, 4) is 5.88 Å². The number of methoxy groups -OCH3 is 1. The van der Waals surface area contributed by atoms with E-state index in [1.54, 1.807) is 12.1 Å². The number of hydrogen-bond donors (Lipinski definition) is 1. The molecule has 0 spiro atoms. The second-order valence-electron chi connectivity index (χ2n) is 4.53. The number of nitrogens with one attached hydrogen (secondary N) is 1. The lowest BCUT2D eigenvalue weighted by atomic mass is 10.0. The van der Waals surface area contributed by atoms with E-state index in [1.807, 2.05) is 6.92 Å². The van der Waals surface area contributed by atoms with E-state index in [-0.39, 0.29) is 5.56 Å². The standard InChI is InChI=1S/C15H17F2N3O/c1-3-9-18-15(10-5-4-6-11(16)14(10)17)12-7-8-13(21-2)20-19-12/h4-8,15,18H,3,9H2,1-2H3. The molecule has 2 rings (SSSR count). The molecule has 0 amide bonds. The highest BCUT2D eigenvalue weighted by atomic mass is 19.2. The van der Waals surface area contributed by atoms with Gasteiger partial charge >= 0.3 is 0 Å². The van der Waals surface area contributed by atoms with Gasteiger partial charge in [-0.25, -0.2) is 8.78 Å². The Kier molecular flexibility index (Phi) is 5.16. The van der Waals surface area contributed by atoms with Crippen LogP contribution < -0.4 is 10.1 Å². The Balaban J connectivity index is 2.39. The quantitative estimate of drug-likeness (QED) is 0.889. The Labute approximate surface area is 122 Å². The first-order valence-corrected chi connectivity index (χ1v) is 6.72. The van der Waals surface area contributed by atoms with E-state index in [1.165, 1.54) is 19.2 Å². The fourth-order valence-electron chi connectivity index (χ4n) is 2.00. The zero-order valence-corrected chi connectivity index (χ0v) is 11.9. The van der Waals surface area contributed by atoms with Gasteiger partial charge in [-0.1, -0.05) is 19.1 Å². The highest BCUT2D eigenvalue weighted by Crippen LogP contribution is 2.25. The molecule has 21 heavy (non-hydrogen) atoms. The van der Waals surface area contributed by atoms with Crippen molar-refractivity contribution in [2.75, 3.05) is 13.7 Å². The number of aromatic nitrogens is 2. The molecule has 1 unspecified atom stereocenters. The molecule has 1 atom stereocenters. The van der Waals surface area contributed by atoms with E-state index in [9.17, 15) is 8.78 Å². The van der Waals surface area contributed by atoms with E-state index in [4.69, 9.17) is 4.74 Å². The van der Waals surface area contributed by atoms with E-state index in [0.717, 1.165) is 12.5 Å². The van der Waals surface area contributed by atoms with Crippen molar-refractivity contribution in [1.82, 2.24) is 15.5 Å². The molecule has 0 saturated carbocycles. The Hall–Kier alpha value is -2.08. The zero-order valence-electron chi connectivity index (χ0n) is 11.9. The molecular formula is C15H17F2N3O. The highest BCUT2D eigenvalue weighted by molar-refractivity contribution is 5.30. The largest absolute Gasteiger partial charge is 0.480 e. The molecule has 1 heterocycles. The van der Waals surface area contributed by atoms with Crippen molar-refractivity contribution in [3.63, 3.8) is 0 Å². The summed E-state index contributed by atoms with van der Waals surface area (Å²) in [7, 11) is 1.49. The van der Waals surface area contributed by atoms with Crippen LogP contribution in [0.5, 0.6) is 5.88 Å². The molecule has 0 aliphatic heterocycles. The van der Waals surface area contributed by atoms with Gasteiger partial charge in [0.25, 0.3) is 0 Å². The Bertz CT molecular complexity index is 590. The predicted molar refractivity (Wildman–Crippen MR) is 75.1 cm³/mol. The van der Waals surface area contributed by atoms with Crippen LogP contribution in [0.2, 0.25) is 0 Å². The molecule has 0 saturated heterocycles. The van der Waals surface area contributed by atoms with Crippen molar-refractivity contribution >= 4 is 0 Å². The average molecular weight is 293 g/mol. The van der Waals surface area contributed by atoms with Crippen molar-refractivity contribution < 1.29 is 13.5 Å². The van der Waals surface area contributed by atoms with Crippen molar-refractivity contribution in [2.45, 2.75) is 19.4 Å². The normalized spacial score (nSPS) is 12.2. The first-order chi connectivity index (χ1) is 10.2. The molecule has 1 N–H and O–H groups in total. The maximum Gasteiger partial charge on any atom is 0.233 e. The second kappa shape index (κ2) is 7.08. The maximum atomic E-state index is 14.0.